The van der Waals surface area contributed by atoms with E-state index in [1.54, 1.807) is 6.07 Å². The lowest BCUT2D eigenvalue weighted by molar-refractivity contribution is 0.0602. The summed E-state index contributed by atoms with van der Waals surface area (Å²) < 4.78 is 4.79. The van der Waals surface area contributed by atoms with Gasteiger partial charge in [-0.1, -0.05) is 6.07 Å². The van der Waals surface area contributed by atoms with Crippen molar-refractivity contribution >= 4 is 28.7 Å². The summed E-state index contributed by atoms with van der Waals surface area (Å²) in [5, 5.41) is 0. The number of nitrogen functional groups attached to an aromatic ring is 2. The lowest BCUT2D eigenvalue weighted by atomic mass is 10.1. The number of hydrogen-bond acceptors (Lipinski definition) is 6. The van der Waals surface area contributed by atoms with E-state index in [0.29, 0.717) is 11.3 Å². The molecule has 1 aliphatic heterocycles. The van der Waals surface area contributed by atoms with Crippen LogP contribution in [-0.2, 0) is 4.74 Å². The van der Waals surface area contributed by atoms with Crippen molar-refractivity contribution in [1.82, 2.24) is 0 Å². The Morgan fingerprint density at radius 1 is 0.958 bits per heavy atom. The summed E-state index contributed by atoms with van der Waals surface area (Å²) in [7, 11) is 1.36. The fraction of sp³-hybridized carbons (Fsp3) is 0.278. The zero-order valence-corrected chi connectivity index (χ0v) is 13.7. The number of piperazine rings is 1. The molecule has 0 atom stereocenters. The quantitative estimate of drug-likeness (QED) is 0.662. The van der Waals surface area contributed by atoms with Gasteiger partial charge in [-0.3, -0.25) is 0 Å². The molecule has 0 unspecified atom stereocenters. The smallest absolute Gasteiger partial charge is 0.340 e. The molecule has 3 rings (SSSR count). The van der Waals surface area contributed by atoms with E-state index in [2.05, 4.69) is 9.80 Å². The number of esters is 1. The van der Waals surface area contributed by atoms with Gasteiger partial charge >= 0.3 is 5.97 Å². The van der Waals surface area contributed by atoms with Crippen LogP contribution in [0.4, 0.5) is 22.7 Å². The highest BCUT2D eigenvalue weighted by Gasteiger charge is 2.21. The topological polar surface area (TPSA) is 84.8 Å². The first-order valence-corrected chi connectivity index (χ1v) is 7.92. The second-order valence-electron chi connectivity index (χ2n) is 5.80. The molecule has 1 heterocycles. The third kappa shape index (κ3) is 3.08. The number of nitrogens with two attached hydrogens (primary N) is 2. The minimum Gasteiger partial charge on any atom is -0.465 e. The highest BCUT2D eigenvalue weighted by molar-refractivity contribution is 5.98. The zero-order chi connectivity index (χ0) is 17.1. The van der Waals surface area contributed by atoms with E-state index in [0.717, 1.165) is 37.6 Å². The molecule has 1 aliphatic rings. The molecule has 0 radical (unpaired) electrons. The van der Waals surface area contributed by atoms with Gasteiger partial charge in [-0.05, 0) is 36.4 Å². The molecule has 6 heteroatoms. The third-order valence-corrected chi connectivity index (χ3v) is 4.37. The molecule has 0 saturated carbocycles. The first-order valence-electron chi connectivity index (χ1n) is 7.92. The molecule has 1 saturated heterocycles. The summed E-state index contributed by atoms with van der Waals surface area (Å²) in [6, 6.07) is 13.4. The molecular formula is C18H22N4O2. The average Bonchev–Trinajstić information content (AvgIpc) is 2.62. The summed E-state index contributed by atoms with van der Waals surface area (Å²) in [4.78, 5) is 16.3. The average molecular weight is 326 g/mol. The molecule has 2 aromatic rings. The lowest BCUT2D eigenvalue weighted by Crippen LogP contribution is -2.46. The Balaban J connectivity index is 1.73. The fourth-order valence-corrected chi connectivity index (χ4v) is 3.01. The first-order chi connectivity index (χ1) is 11.6. The van der Waals surface area contributed by atoms with E-state index in [1.807, 2.05) is 36.4 Å². The van der Waals surface area contributed by atoms with Crippen LogP contribution < -0.4 is 21.3 Å². The molecule has 4 N–H and O–H groups in total. The Morgan fingerprint density at radius 3 is 2.21 bits per heavy atom. The van der Waals surface area contributed by atoms with Gasteiger partial charge in [-0.15, -0.1) is 0 Å². The van der Waals surface area contributed by atoms with Crippen LogP contribution in [0.15, 0.2) is 42.5 Å². The standard InChI is InChI=1S/C18H22N4O2/c1-24-18(23)15-3-2-4-16(17(15)20)22-11-9-21(10-12-22)14-7-5-13(19)6-8-14/h2-8H,9-12,19-20H2,1H3. The molecular weight excluding hydrogens is 304 g/mol. The summed E-state index contributed by atoms with van der Waals surface area (Å²) in [5.74, 6) is -0.408. The van der Waals surface area contributed by atoms with Gasteiger partial charge in [-0.25, -0.2) is 4.79 Å². The molecule has 0 aromatic heterocycles. The van der Waals surface area contributed by atoms with Crippen molar-refractivity contribution in [3.8, 4) is 0 Å². The van der Waals surface area contributed by atoms with E-state index in [-0.39, 0.29) is 0 Å². The van der Waals surface area contributed by atoms with Crippen molar-refractivity contribution in [2.75, 3.05) is 54.6 Å². The number of carbonyl (C=O) groups excluding carboxylic acids is 1. The number of carbonyl (C=O) groups is 1. The first kappa shape index (κ1) is 16.0. The van der Waals surface area contributed by atoms with E-state index in [1.165, 1.54) is 12.8 Å². The Kier molecular flexibility index (Phi) is 4.46. The van der Waals surface area contributed by atoms with Gasteiger partial charge in [0, 0.05) is 37.6 Å². The Bertz CT molecular complexity index is 722. The van der Waals surface area contributed by atoms with Crippen LogP contribution in [0.2, 0.25) is 0 Å². The van der Waals surface area contributed by atoms with Crippen molar-refractivity contribution < 1.29 is 9.53 Å². The molecule has 0 bridgehead atoms. The predicted molar refractivity (Wildman–Crippen MR) is 97.5 cm³/mol. The van der Waals surface area contributed by atoms with Gasteiger partial charge < -0.3 is 26.0 Å². The van der Waals surface area contributed by atoms with Gasteiger partial charge in [0.05, 0.1) is 24.0 Å². The summed E-state index contributed by atoms with van der Waals surface area (Å²) in [5.41, 5.74) is 15.6. The molecule has 0 spiro atoms. The Hall–Kier alpha value is -2.89. The fourth-order valence-electron chi connectivity index (χ4n) is 3.01. The van der Waals surface area contributed by atoms with Crippen LogP contribution in [0.1, 0.15) is 10.4 Å². The molecule has 2 aromatic carbocycles. The maximum Gasteiger partial charge on any atom is 0.340 e. The summed E-state index contributed by atoms with van der Waals surface area (Å²) >= 11 is 0. The van der Waals surface area contributed by atoms with Crippen molar-refractivity contribution in [3.63, 3.8) is 0 Å². The number of anilines is 4. The number of para-hydroxylation sites is 1. The van der Waals surface area contributed by atoms with Crippen LogP contribution in [0.5, 0.6) is 0 Å². The molecule has 6 nitrogen and oxygen atoms in total. The molecule has 0 aliphatic carbocycles. The third-order valence-electron chi connectivity index (χ3n) is 4.37. The minimum atomic E-state index is -0.408. The molecule has 24 heavy (non-hydrogen) atoms. The Morgan fingerprint density at radius 2 is 1.58 bits per heavy atom. The second-order valence-corrected chi connectivity index (χ2v) is 5.80. The van der Waals surface area contributed by atoms with Crippen LogP contribution >= 0.6 is 0 Å². The number of hydrogen-bond donors (Lipinski definition) is 2. The van der Waals surface area contributed by atoms with Gasteiger partial charge in [0.15, 0.2) is 0 Å². The van der Waals surface area contributed by atoms with Crippen LogP contribution in [-0.4, -0.2) is 39.3 Å². The number of nitrogens with zero attached hydrogens (tertiary/aromatic N) is 2. The van der Waals surface area contributed by atoms with Crippen LogP contribution in [0.3, 0.4) is 0 Å². The summed E-state index contributed by atoms with van der Waals surface area (Å²) in [6.07, 6.45) is 0. The number of ether oxygens (including phenoxy) is 1. The SMILES string of the molecule is COC(=O)c1cccc(N2CCN(c3ccc(N)cc3)CC2)c1N. The number of benzene rings is 2. The maximum atomic E-state index is 11.8. The largest absolute Gasteiger partial charge is 0.465 e. The van der Waals surface area contributed by atoms with Crippen molar-refractivity contribution in [3.05, 3.63) is 48.0 Å². The van der Waals surface area contributed by atoms with Crippen LogP contribution in [0, 0.1) is 0 Å². The molecule has 0 amide bonds. The normalized spacial score (nSPS) is 14.5. The van der Waals surface area contributed by atoms with Crippen molar-refractivity contribution in [1.29, 1.82) is 0 Å². The number of methoxy groups -OCH3 is 1. The molecule has 1 fully saturated rings. The van der Waals surface area contributed by atoms with Crippen molar-refractivity contribution in [2.45, 2.75) is 0 Å². The monoisotopic (exact) mass is 326 g/mol. The Labute approximate surface area is 141 Å². The highest BCUT2D eigenvalue weighted by atomic mass is 16.5. The van der Waals surface area contributed by atoms with E-state index < -0.39 is 5.97 Å². The highest BCUT2D eigenvalue weighted by Crippen LogP contribution is 2.29. The van der Waals surface area contributed by atoms with Gasteiger partial charge in [0.25, 0.3) is 0 Å². The maximum absolute atomic E-state index is 11.8. The van der Waals surface area contributed by atoms with Gasteiger partial charge in [-0.2, -0.15) is 0 Å². The zero-order valence-electron chi connectivity index (χ0n) is 13.7. The lowest BCUT2D eigenvalue weighted by Gasteiger charge is -2.38. The van der Waals surface area contributed by atoms with Gasteiger partial charge in [0.1, 0.15) is 0 Å². The van der Waals surface area contributed by atoms with Crippen LogP contribution in [0.25, 0.3) is 0 Å². The minimum absolute atomic E-state index is 0.408. The van der Waals surface area contributed by atoms with E-state index in [4.69, 9.17) is 16.2 Å². The van der Waals surface area contributed by atoms with Crippen molar-refractivity contribution in [2.24, 2.45) is 0 Å². The van der Waals surface area contributed by atoms with Gasteiger partial charge in [0.2, 0.25) is 0 Å². The predicted octanol–water partition coefficient (Wildman–Crippen LogP) is 1.96. The summed E-state index contributed by atoms with van der Waals surface area (Å²) in [6.45, 7) is 3.43. The molecule has 126 valence electrons. The second kappa shape index (κ2) is 6.70. The van der Waals surface area contributed by atoms with E-state index >= 15 is 0 Å². The number of rotatable bonds is 3. The van der Waals surface area contributed by atoms with E-state index in [9.17, 15) is 4.79 Å².